The number of rotatable bonds is 29. The molecule has 6 nitrogen and oxygen atoms in total. The van der Waals surface area contributed by atoms with Gasteiger partial charge in [-0.2, -0.15) is 0 Å². The van der Waals surface area contributed by atoms with Crippen molar-refractivity contribution in [1.29, 1.82) is 0 Å². The van der Waals surface area contributed by atoms with E-state index in [4.69, 9.17) is 0 Å². The number of aliphatic carboxylic acids is 1. The molecule has 0 saturated carbocycles. The Labute approximate surface area is 252 Å². The molecule has 0 aromatic rings. The van der Waals surface area contributed by atoms with E-state index in [0.717, 1.165) is 51.4 Å². The van der Waals surface area contributed by atoms with Crippen LogP contribution >= 0.6 is 0 Å². The van der Waals surface area contributed by atoms with Crippen LogP contribution in [0.1, 0.15) is 176 Å². The van der Waals surface area contributed by atoms with Gasteiger partial charge in [-0.1, -0.05) is 125 Å². The van der Waals surface area contributed by atoms with Crippen LogP contribution in [0.4, 0.5) is 0 Å². The van der Waals surface area contributed by atoms with Crippen LogP contribution in [-0.2, 0) is 19.2 Å². The second-order valence-electron chi connectivity index (χ2n) is 13.0. The van der Waals surface area contributed by atoms with Crippen LogP contribution in [0.25, 0.3) is 0 Å². The SMILES string of the molecule is CCCCCCCCCCCCCCCC(=O)N[C@@H](CCC(=O)CCCCC[C@H](CC(C)C)C(=O)C(C)C)C(=O)O. The van der Waals surface area contributed by atoms with Gasteiger partial charge < -0.3 is 10.4 Å². The van der Waals surface area contributed by atoms with Crippen molar-refractivity contribution in [1.82, 2.24) is 5.32 Å². The average molecular weight is 580 g/mol. The van der Waals surface area contributed by atoms with Crippen molar-refractivity contribution in [2.24, 2.45) is 17.8 Å². The van der Waals surface area contributed by atoms with Gasteiger partial charge in [0.2, 0.25) is 5.91 Å². The molecule has 2 atom stereocenters. The highest BCUT2D eigenvalue weighted by Gasteiger charge is 2.22. The number of Topliss-reactive ketones (excluding diaryl/α,β-unsaturated/α-hetero) is 2. The molecule has 0 spiro atoms. The Morgan fingerprint density at radius 2 is 1.10 bits per heavy atom. The Kier molecular flexibility index (Phi) is 24.9. The van der Waals surface area contributed by atoms with Gasteiger partial charge in [-0.15, -0.1) is 0 Å². The lowest BCUT2D eigenvalue weighted by atomic mass is 9.84. The van der Waals surface area contributed by atoms with Gasteiger partial charge in [0.25, 0.3) is 0 Å². The van der Waals surface area contributed by atoms with Crippen LogP contribution < -0.4 is 5.32 Å². The molecule has 0 fully saturated rings. The van der Waals surface area contributed by atoms with Gasteiger partial charge in [0, 0.05) is 31.1 Å². The Balaban J connectivity index is 3.98. The van der Waals surface area contributed by atoms with E-state index in [9.17, 15) is 24.3 Å². The third-order valence-corrected chi connectivity index (χ3v) is 8.09. The third kappa shape index (κ3) is 23.5. The van der Waals surface area contributed by atoms with Crippen molar-refractivity contribution >= 4 is 23.4 Å². The molecule has 0 saturated heterocycles. The number of carboxylic acids is 1. The smallest absolute Gasteiger partial charge is 0.326 e. The summed E-state index contributed by atoms with van der Waals surface area (Å²) in [6.07, 6.45) is 21.5. The quantitative estimate of drug-likeness (QED) is 0.0860. The van der Waals surface area contributed by atoms with E-state index in [1.165, 1.54) is 64.2 Å². The van der Waals surface area contributed by atoms with E-state index in [2.05, 4.69) is 26.1 Å². The predicted octanol–water partition coefficient (Wildman–Crippen LogP) is 9.22. The first kappa shape index (κ1) is 39.3. The number of ketones is 2. The predicted molar refractivity (Wildman–Crippen MR) is 170 cm³/mol. The lowest BCUT2D eigenvalue weighted by Gasteiger charge is -2.19. The summed E-state index contributed by atoms with van der Waals surface area (Å²) in [6, 6.07) is -1.01. The van der Waals surface area contributed by atoms with Gasteiger partial charge in [-0.25, -0.2) is 4.79 Å². The van der Waals surface area contributed by atoms with Crippen LogP contribution in [0.2, 0.25) is 0 Å². The van der Waals surface area contributed by atoms with Gasteiger partial charge in [-0.3, -0.25) is 14.4 Å². The van der Waals surface area contributed by atoms with E-state index >= 15 is 0 Å². The maximum atomic E-state index is 12.5. The van der Waals surface area contributed by atoms with Gasteiger partial charge in [-0.05, 0) is 38.0 Å². The van der Waals surface area contributed by atoms with Crippen molar-refractivity contribution < 1.29 is 24.3 Å². The monoisotopic (exact) mass is 579 g/mol. The summed E-state index contributed by atoms with van der Waals surface area (Å²) in [5, 5.41) is 12.1. The maximum absolute atomic E-state index is 12.5. The van der Waals surface area contributed by atoms with Crippen LogP contribution in [0.3, 0.4) is 0 Å². The molecule has 0 aromatic carbocycles. The topological polar surface area (TPSA) is 101 Å². The standard InChI is InChI=1S/C35H65NO5/c1-6-7-8-9-10-11-12-13-14-15-16-17-21-24-33(38)36-32(35(40)41)26-25-31(37)23-20-18-19-22-30(27-28(2)3)34(39)29(4)5/h28-30,32H,6-27H2,1-5H3,(H,36,38)(H,40,41)/t30-,32+/m1/s1. The summed E-state index contributed by atoms with van der Waals surface area (Å²) < 4.78 is 0. The summed E-state index contributed by atoms with van der Waals surface area (Å²) in [4.78, 5) is 48.7. The minimum Gasteiger partial charge on any atom is -0.480 e. The molecule has 0 aliphatic rings. The maximum Gasteiger partial charge on any atom is 0.326 e. The average Bonchev–Trinajstić information content (AvgIpc) is 2.91. The van der Waals surface area contributed by atoms with Gasteiger partial charge >= 0.3 is 5.97 Å². The van der Waals surface area contributed by atoms with Crippen LogP contribution in [0, 0.1) is 17.8 Å². The molecular formula is C35H65NO5. The highest BCUT2D eigenvalue weighted by Crippen LogP contribution is 2.23. The van der Waals surface area contributed by atoms with Crippen molar-refractivity contribution in [3.63, 3.8) is 0 Å². The zero-order valence-corrected chi connectivity index (χ0v) is 27.4. The number of hydrogen-bond acceptors (Lipinski definition) is 4. The molecule has 240 valence electrons. The molecule has 6 heteroatoms. The summed E-state index contributed by atoms with van der Waals surface area (Å²) in [5.41, 5.74) is 0. The van der Waals surface area contributed by atoms with E-state index in [1.54, 1.807) is 0 Å². The Hall–Kier alpha value is -1.72. The minimum atomic E-state index is -1.08. The Morgan fingerprint density at radius 3 is 1.59 bits per heavy atom. The first-order valence-corrected chi connectivity index (χ1v) is 17.2. The summed E-state index contributed by atoms with van der Waals surface area (Å²) in [6.45, 7) is 10.5. The number of nitrogens with one attached hydrogen (secondary N) is 1. The molecule has 41 heavy (non-hydrogen) atoms. The minimum absolute atomic E-state index is 0.0407. The summed E-state index contributed by atoms with van der Waals surface area (Å²) in [5.74, 6) is -0.295. The number of carboxylic acid groups (broad SMARTS) is 1. The molecule has 1 amide bonds. The third-order valence-electron chi connectivity index (χ3n) is 8.09. The van der Waals surface area contributed by atoms with E-state index in [-0.39, 0.29) is 36.4 Å². The highest BCUT2D eigenvalue weighted by molar-refractivity contribution is 5.85. The molecule has 0 heterocycles. The van der Waals surface area contributed by atoms with Crippen LogP contribution in [0.15, 0.2) is 0 Å². The zero-order valence-electron chi connectivity index (χ0n) is 27.4. The zero-order chi connectivity index (χ0) is 30.9. The molecule has 0 unspecified atom stereocenters. The molecule has 0 aliphatic carbocycles. The van der Waals surface area contributed by atoms with Crippen molar-refractivity contribution in [3.8, 4) is 0 Å². The Morgan fingerprint density at radius 1 is 0.610 bits per heavy atom. The molecule has 2 N–H and O–H groups in total. The van der Waals surface area contributed by atoms with Crippen LogP contribution in [-0.4, -0.2) is 34.6 Å². The first-order valence-electron chi connectivity index (χ1n) is 17.2. The lowest BCUT2D eigenvalue weighted by molar-refractivity contribution is -0.142. The van der Waals surface area contributed by atoms with Crippen molar-refractivity contribution in [2.75, 3.05) is 0 Å². The molecule has 0 aliphatic heterocycles. The first-order chi connectivity index (χ1) is 19.6. The summed E-state index contributed by atoms with van der Waals surface area (Å²) >= 11 is 0. The Bertz CT molecular complexity index is 703. The van der Waals surface area contributed by atoms with Gasteiger partial charge in [0.15, 0.2) is 0 Å². The molecule has 0 radical (unpaired) electrons. The molecule has 0 rings (SSSR count). The molecular weight excluding hydrogens is 514 g/mol. The van der Waals surface area contributed by atoms with E-state index in [1.807, 2.05) is 13.8 Å². The van der Waals surface area contributed by atoms with Gasteiger partial charge in [0.1, 0.15) is 17.6 Å². The normalized spacial score (nSPS) is 13.0. The largest absolute Gasteiger partial charge is 0.480 e. The number of hydrogen-bond donors (Lipinski definition) is 2. The highest BCUT2D eigenvalue weighted by atomic mass is 16.4. The fourth-order valence-electron chi connectivity index (χ4n) is 5.56. The van der Waals surface area contributed by atoms with Crippen LogP contribution in [0.5, 0.6) is 0 Å². The van der Waals surface area contributed by atoms with Gasteiger partial charge in [0.05, 0.1) is 0 Å². The number of carbonyl (C=O) groups is 4. The lowest BCUT2D eigenvalue weighted by Crippen LogP contribution is -2.41. The number of carbonyl (C=O) groups excluding carboxylic acids is 3. The summed E-state index contributed by atoms with van der Waals surface area (Å²) in [7, 11) is 0. The number of unbranched alkanes of at least 4 members (excludes halogenated alkanes) is 14. The van der Waals surface area contributed by atoms with Crippen molar-refractivity contribution in [3.05, 3.63) is 0 Å². The fraction of sp³-hybridized carbons (Fsp3) is 0.886. The van der Waals surface area contributed by atoms with E-state index in [0.29, 0.717) is 24.5 Å². The van der Waals surface area contributed by atoms with E-state index < -0.39 is 12.0 Å². The molecule has 0 bridgehead atoms. The number of amides is 1. The molecule has 0 aromatic heterocycles. The second kappa shape index (κ2) is 25.9. The van der Waals surface area contributed by atoms with Crippen molar-refractivity contribution in [2.45, 2.75) is 182 Å². The fourth-order valence-corrected chi connectivity index (χ4v) is 5.56. The second-order valence-corrected chi connectivity index (χ2v) is 13.0.